The van der Waals surface area contributed by atoms with Crippen LogP contribution in [-0.4, -0.2) is 30.4 Å². The zero-order valence-electron chi connectivity index (χ0n) is 10.9. The van der Waals surface area contributed by atoms with Crippen LogP contribution in [0.25, 0.3) is 0 Å². The van der Waals surface area contributed by atoms with Crippen LogP contribution in [0.2, 0.25) is 0 Å². The average Bonchev–Trinajstić information content (AvgIpc) is 2.28. The van der Waals surface area contributed by atoms with Gasteiger partial charge in [0.05, 0.1) is 18.1 Å². The first-order valence-corrected chi connectivity index (χ1v) is 7.89. The summed E-state index contributed by atoms with van der Waals surface area (Å²) in [5.74, 6) is 0. The Hall–Kier alpha value is -0.800. The highest BCUT2D eigenvalue weighted by molar-refractivity contribution is 7.81. The molecule has 0 aliphatic heterocycles. The smallest absolute Gasteiger partial charge is 0.284 e. The molecule has 0 saturated carbocycles. The third kappa shape index (κ3) is 5.37. The summed E-state index contributed by atoms with van der Waals surface area (Å²) in [6, 6.07) is 3.67. The van der Waals surface area contributed by atoms with Gasteiger partial charge in [-0.2, -0.15) is 8.42 Å². The number of rotatable bonds is 6. The second-order valence-corrected chi connectivity index (χ2v) is 6.24. The summed E-state index contributed by atoms with van der Waals surface area (Å²) in [6.45, 7) is 5.07. The molecule has 0 bridgehead atoms. The lowest BCUT2D eigenvalue weighted by atomic mass is 10.1. The molecule has 0 radical (unpaired) electrons. The highest BCUT2D eigenvalue weighted by atomic mass is 32.3. The summed E-state index contributed by atoms with van der Waals surface area (Å²) < 4.78 is 49.8. The van der Waals surface area contributed by atoms with Gasteiger partial charge in [0.15, 0.2) is 11.1 Å². The van der Waals surface area contributed by atoms with E-state index >= 15 is 0 Å². The Morgan fingerprint density at radius 3 is 2.26 bits per heavy atom. The van der Waals surface area contributed by atoms with Crippen molar-refractivity contribution in [3.8, 4) is 0 Å². The van der Waals surface area contributed by atoms with E-state index in [-0.39, 0.29) is 6.61 Å². The molecule has 0 fully saturated rings. The van der Waals surface area contributed by atoms with Crippen LogP contribution in [-0.2, 0) is 29.8 Å². The van der Waals surface area contributed by atoms with Gasteiger partial charge >= 0.3 is 10.4 Å². The topological polar surface area (TPSA) is 89.9 Å². The van der Waals surface area contributed by atoms with Gasteiger partial charge in [-0.05, 0) is 43.5 Å². The quantitative estimate of drug-likeness (QED) is 0.632. The van der Waals surface area contributed by atoms with Gasteiger partial charge in [-0.3, -0.25) is 8.74 Å². The molecule has 0 aliphatic carbocycles. The zero-order chi connectivity index (χ0) is 14.6. The molecule has 8 heteroatoms. The molecule has 108 valence electrons. The van der Waals surface area contributed by atoms with Crippen LogP contribution in [0, 0.1) is 20.8 Å². The molecule has 0 saturated heterocycles. The van der Waals surface area contributed by atoms with Gasteiger partial charge in [0.25, 0.3) is 0 Å². The van der Waals surface area contributed by atoms with Gasteiger partial charge in [-0.1, -0.05) is 6.07 Å². The molecule has 0 aromatic heterocycles. The fraction of sp³-hybridized carbons (Fsp3) is 0.455. The van der Waals surface area contributed by atoms with Crippen molar-refractivity contribution in [2.75, 3.05) is 13.2 Å². The maximum atomic E-state index is 11.9. The van der Waals surface area contributed by atoms with E-state index in [1.54, 1.807) is 6.07 Å². The average molecular weight is 308 g/mol. The predicted molar refractivity (Wildman–Crippen MR) is 70.5 cm³/mol. The van der Waals surface area contributed by atoms with Crippen molar-refractivity contribution in [1.29, 1.82) is 0 Å². The number of hydrogen-bond acceptors (Lipinski definition) is 5. The van der Waals surface area contributed by atoms with E-state index in [1.807, 2.05) is 26.8 Å². The van der Waals surface area contributed by atoms with E-state index in [0.29, 0.717) is 4.90 Å². The minimum absolute atomic E-state index is 0.210. The fourth-order valence-electron chi connectivity index (χ4n) is 1.43. The lowest BCUT2D eigenvalue weighted by molar-refractivity contribution is 0.212. The largest absolute Gasteiger partial charge is 0.397 e. The van der Waals surface area contributed by atoms with Gasteiger partial charge in [0.2, 0.25) is 0 Å². The molecule has 1 rings (SSSR count). The highest BCUT2D eigenvalue weighted by Crippen LogP contribution is 2.19. The molecule has 1 aromatic carbocycles. The Morgan fingerprint density at radius 2 is 1.68 bits per heavy atom. The second-order valence-electron chi connectivity index (χ2n) is 4.01. The van der Waals surface area contributed by atoms with Crippen LogP contribution in [0.5, 0.6) is 0 Å². The minimum atomic E-state index is -4.49. The van der Waals surface area contributed by atoms with Crippen LogP contribution in [0.4, 0.5) is 0 Å². The van der Waals surface area contributed by atoms with Crippen LogP contribution in [0.3, 0.4) is 0 Å². The molecule has 0 amide bonds. The lowest BCUT2D eigenvalue weighted by Gasteiger charge is -2.09. The van der Waals surface area contributed by atoms with Crippen molar-refractivity contribution >= 4 is 21.5 Å². The van der Waals surface area contributed by atoms with Crippen LogP contribution in [0.1, 0.15) is 16.7 Å². The number of hydrogen-bond donors (Lipinski definition) is 1. The van der Waals surface area contributed by atoms with E-state index < -0.39 is 28.1 Å². The Labute approximate surface area is 115 Å². The van der Waals surface area contributed by atoms with E-state index in [4.69, 9.17) is 8.74 Å². The van der Waals surface area contributed by atoms with Crippen molar-refractivity contribution < 1.29 is 25.5 Å². The predicted octanol–water partition coefficient (Wildman–Crippen LogP) is 1.47. The standard InChI is InChI=1S/C11H16O6S2/c1-8-6-10(3)11(7-9(8)2)18(12)16-4-5-17-19(13,14)15/h6-7H,4-5H2,1-3H3,(H,13,14,15). The molecule has 19 heavy (non-hydrogen) atoms. The van der Waals surface area contributed by atoms with Crippen LogP contribution < -0.4 is 0 Å². The first-order valence-electron chi connectivity index (χ1n) is 5.45. The first-order chi connectivity index (χ1) is 8.70. The molecule has 0 spiro atoms. The van der Waals surface area contributed by atoms with Gasteiger partial charge in [0, 0.05) is 0 Å². The third-order valence-corrected chi connectivity index (χ3v) is 4.12. The minimum Gasteiger partial charge on any atom is -0.284 e. The number of benzene rings is 1. The van der Waals surface area contributed by atoms with E-state index in [9.17, 15) is 12.6 Å². The first kappa shape index (κ1) is 16.3. The van der Waals surface area contributed by atoms with Crippen molar-refractivity contribution in [1.82, 2.24) is 0 Å². The summed E-state index contributed by atoms with van der Waals surface area (Å²) in [5.41, 5.74) is 2.91. The third-order valence-electron chi connectivity index (χ3n) is 2.48. The molecular formula is C11H16O6S2. The molecule has 1 aromatic rings. The fourth-order valence-corrected chi connectivity index (χ4v) is 2.65. The van der Waals surface area contributed by atoms with E-state index in [1.165, 1.54) is 0 Å². The lowest BCUT2D eigenvalue weighted by Crippen LogP contribution is -2.11. The molecule has 1 N–H and O–H groups in total. The van der Waals surface area contributed by atoms with Gasteiger partial charge in [-0.25, -0.2) is 8.39 Å². The zero-order valence-corrected chi connectivity index (χ0v) is 12.5. The van der Waals surface area contributed by atoms with Crippen molar-refractivity contribution in [3.05, 3.63) is 28.8 Å². The van der Waals surface area contributed by atoms with Crippen molar-refractivity contribution in [2.24, 2.45) is 0 Å². The Morgan fingerprint density at radius 1 is 1.11 bits per heavy atom. The van der Waals surface area contributed by atoms with Gasteiger partial charge in [-0.15, -0.1) is 0 Å². The molecule has 0 heterocycles. The summed E-state index contributed by atoms with van der Waals surface area (Å²) in [5, 5.41) is 0. The molecule has 1 atom stereocenters. The van der Waals surface area contributed by atoms with Gasteiger partial charge in [0.1, 0.15) is 0 Å². The van der Waals surface area contributed by atoms with E-state index in [0.717, 1.165) is 16.7 Å². The normalized spacial score (nSPS) is 13.5. The molecular weight excluding hydrogens is 292 g/mol. The summed E-state index contributed by atoms with van der Waals surface area (Å²) >= 11 is -1.70. The Balaban J connectivity index is 2.62. The number of aryl methyl sites for hydroxylation is 3. The van der Waals surface area contributed by atoms with Crippen molar-refractivity contribution in [3.63, 3.8) is 0 Å². The van der Waals surface area contributed by atoms with Gasteiger partial charge < -0.3 is 0 Å². The Bertz CT molecular complexity index is 579. The maximum Gasteiger partial charge on any atom is 0.397 e. The van der Waals surface area contributed by atoms with Crippen LogP contribution >= 0.6 is 0 Å². The highest BCUT2D eigenvalue weighted by Gasteiger charge is 2.11. The summed E-state index contributed by atoms with van der Waals surface area (Å²) in [4.78, 5) is 0.537. The second kappa shape index (κ2) is 6.58. The van der Waals surface area contributed by atoms with Crippen LogP contribution in [0.15, 0.2) is 17.0 Å². The molecule has 1 unspecified atom stereocenters. The molecule has 0 aliphatic rings. The van der Waals surface area contributed by atoms with E-state index in [2.05, 4.69) is 4.18 Å². The Kier molecular flexibility index (Phi) is 5.63. The SMILES string of the molecule is Cc1cc(C)c(S(=O)OCCOS(=O)(=O)O)cc1C. The monoisotopic (exact) mass is 308 g/mol. The summed E-state index contributed by atoms with van der Waals surface area (Å²) in [7, 11) is -4.49. The maximum absolute atomic E-state index is 11.9. The summed E-state index contributed by atoms with van der Waals surface area (Å²) in [6.07, 6.45) is 0. The van der Waals surface area contributed by atoms with Crippen molar-refractivity contribution in [2.45, 2.75) is 25.7 Å². The molecule has 6 nitrogen and oxygen atoms in total.